The zero-order valence-electron chi connectivity index (χ0n) is 19.9. The van der Waals surface area contributed by atoms with Crippen molar-refractivity contribution in [3.05, 3.63) is 54.1 Å². The number of aliphatic imine (C=N–C) groups is 1. The number of nitrogens with zero attached hydrogens (tertiary/aromatic N) is 2. The normalized spacial score (nSPS) is 14.9. The molecule has 0 aromatic heterocycles. The topological polar surface area (TPSA) is 67.4 Å². The Morgan fingerprint density at radius 1 is 1.03 bits per heavy atom. The average Bonchev–Trinajstić information content (AvgIpc) is 2.84. The number of guanidine groups is 1. The van der Waals surface area contributed by atoms with Gasteiger partial charge in [-0.2, -0.15) is 0 Å². The molecule has 182 valence electrons. The predicted octanol–water partition coefficient (Wildman–Crippen LogP) is 4.38. The van der Waals surface area contributed by atoms with Gasteiger partial charge in [-0.25, -0.2) is 0 Å². The minimum Gasteiger partial charge on any atom is -0.493 e. The van der Waals surface area contributed by atoms with Crippen LogP contribution in [0.1, 0.15) is 24.8 Å². The molecule has 1 fully saturated rings. The molecule has 33 heavy (non-hydrogen) atoms. The lowest BCUT2D eigenvalue weighted by Crippen LogP contribution is -2.37. The average molecular weight is 569 g/mol. The zero-order valence-corrected chi connectivity index (χ0v) is 22.2. The van der Waals surface area contributed by atoms with E-state index in [9.17, 15) is 0 Å². The van der Waals surface area contributed by atoms with Crippen molar-refractivity contribution in [1.82, 2.24) is 10.2 Å². The molecule has 1 heterocycles. The quantitative estimate of drug-likeness (QED) is 0.192. The Morgan fingerprint density at radius 3 is 2.42 bits per heavy atom. The molecule has 2 aromatic rings. The first-order chi connectivity index (χ1) is 15.7. The van der Waals surface area contributed by atoms with Gasteiger partial charge in [0, 0.05) is 51.6 Å². The van der Waals surface area contributed by atoms with Crippen LogP contribution in [-0.4, -0.2) is 64.5 Å². The number of hydrogen-bond acceptors (Lipinski definition) is 5. The smallest absolute Gasteiger partial charge is 0.195 e. The van der Waals surface area contributed by atoms with Crippen molar-refractivity contribution < 1.29 is 14.2 Å². The lowest BCUT2D eigenvalue weighted by Gasteiger charge is -2.32. The first-order valence-corrected chi connectivity index (χ1v) is 11.3. The predicted molar refractivity (Wildman–Crippen MR) is 145 cm³/mol. The summed E-state index contributed by atoms with van der Waals surface area (Å²) in [7, 11) is 5.01. The molecule has 3 rings (SSSR count). The van der Waals surface area contributed by atoms with Gasteiger partial charge in [-0.05, 0) is 37.0 Å². The number of anilines is 1. The lowest BCUT2D eigenvalue weighted by atomic mass is 10.1. The molecule has 2 N–H and O–H groups in total. The van der Waals surface area contributed by atoms with Gasteiger partial charge in [0.2, 0.25) is 0 Å². The van der Waals surface area contributed by atoms with Crippen molar-refractivity contribution in [2.75, 3.05) is 52.8 Å². The maximum atomic E-state index is 6.11. The Morgan fingerprint density at radius 2 is 1.76 bits per heavy atom. The summed E-state index contributed by atoms with van der Waals surface area (Å²) in [5.41, 5.74) is 2.27. The summed E-state index contributed by atoms with van der Waals surface area (Å²) in [5.74, 6) is 2.09. The molecule has 0 amide bonds. The summed E-state index contributed by atoms with van der Waals surface area (Å²) >= 11 is 0. The number of likely N-dealkylation sites (tertiary alicyclic amines) is 1. The van der Waals surface area contributed by atoms with Gasteiger partial charge in [0.15, 0.2) is 17.5 Å². The Balaban J connectivity index is 0.00000385. The van der Waals surface area contributed by atoms with Crippen LogP contribution in [0, 0.1) is 0 Å². The monoisotopic (exact) mass is 568 g/mol. The number of methoxy groups -OCH3 is 2. The number of nitrogens with one attached hydrogen (secondary N) is 2. The van der Waals surface area contributed by atoms with E-state index >= 15 is 0 Å². The first kappa shape index (κ1) is 27.2. The van der Waals surface area contributed by atoms with Crippen LogP contribution >= 0.6 is 24.0 Å². The minimum absolute atomic E-state index is 0. The summed E-state index contributed by atoms with van der Waals surface area (Å²) in [4.78, 5) is 6.80. The van der Waals surface area contributed by atoms with Gasteiger partial charge < -0.3 is 24.8 Å². The summed E-state index contributed by atoms with van der Waals surface area (Å²) < 4.78 is 16.7. The fourth-order valence-electron chi connectivity index (χ4n) is 3.83. The van der Waals surface area contributed by atoms with Crippen LogP contribution in [-0.2, 0) is 11.3 Å². The van der Waals surface area contributed by atoms with E-state index in [1.807, 2.05) is 18.2 Å². The largest absolute Gasteiger partial charge is 0.493 e. The second kappa shape index (κ2) is 15.0. The van der Waals surface area contributed by atoms with Crippen LogP contribution < -0.4 is 20.1 Å². The third-order valence-corrected chi connectivity index (χ3v) is 5.62. The number of hydrogen-bond donors (Lipinski definition) is 2. The van der Waals surface area contributed by atoms with Gasteiger partial charge in [-0.1, -0.05) is 30.3 Å². The van der Waals surface area contributed by atoms with Crippen molar-refractivity contribution >= 4 is 35.6 Å². The molecule has 2 aromatic carbocycles. The molecular weight excluding hydrogens is 531 g/mol. The SMILES string of the molecule is CN=C(NCCCOC1CCN(Cc2ccccc2)CC1)Nc1ccc(OC)c(OC)c1.I. The van der Waals surface area contributed by atoms with E-state index in [2.05, 4.69) is 50.9 Å². The van der Waals surface area contributed by atoms with Crippen molar-refractivity contribution in [2.45, 2.75) is 31.9 Å². The third kappa shape index (κ3) is 9.02. The standard InChI is InChI=1S/C25H36N4O3.HI/c1-26-25(28-21-10-11-23(30-2)24(18-21)31-3)27-14-7-17-32-22-12-15-29(16-13-22)19-20-8-5-4-6-9-20;/h4-6,8-11,18,22H,7,12-17,19H2,1-3H3,(H2,26,27,28);1H. The van der Waals surface area contributed by atoms with Gasteiger partial charge in [0.1, 0.15) is 0 Å². The first-order valence-electron chi connectivity index (χ1n) is 11.3. The van der Waals surface area contributed by atoms with E-state index in [1.165, 1.54) is 5.56 Å². The van der Waals surface area contributed by atoms with Crippen molar-refractivity contribution in [1.29, 1.82) is 0 Å². The van der Waals surface area contributed by atoms with Crippen molar-refractivity contribution in [2.24, 2.45) is 4.99 Å². The van der Waals surface area contributed by atoms with Crippen molar-refractivity contribution in [3.8, 4) is 11.5 Å². The number of benzene rings is 2. The van der Waals surface area contributed by atoms with E-state index in [4.69, 9.17) is 14.2 Å². The van der Waals surface area contributed by atoms with Crippen LogP contribution in [0.4, 0.5) is 5.69 Å². The van der Waals surface area contributed by atoms with E-state index in [-0.39, 0.29) is 24.0 Å². The highest BCUT2D eigenvalue weighted by Gasteiger charge is 2.19. The highest BCUT2D eigenvalue weighted by molar-refractivity contribution is 14.0. The number of rotatable bonds is 10. The second-order valence-electron chi connectivity index (χ2n) is 7.88. The van der Waals surface area contributed by atoms with E-state index < -0.39 is 0 Å². The molecule has 7 nitrogen and oxygen atoms in total. The molecule has 0 bridgehead atoms. The number of piperidine rings is 1. The van der Waals surface area contributed by atoms with Gasteiger partial charge in [-0.15, -0.1) is 24.0 Å². The molecular formula is C25H37IN4O3. The van der Waals surface area contributed by atoms with Crippen LogP contribution in [0.25, 0.3) is 0 Å². The van der Waals surface area contributed by atoms with Crippen molar-refractivity contribution in [3.63, 3.8) is 0 Å². The Labute approximate surface area is 214 Å². The summed E-state index contributed by atoms with van der Waals surface area (Å²) in [5, 5.41) is 6.61. The van der Waals surface area contributed by atoms with Crippen LogP contribution in [0.5, 0.6) is 11.5 Å². The molecule has 1 aliphatic heterocycles. The van der Waals surface area contributed by atoms with E-state index in [1.54, 1.807) is 21.3 Å². The third-order valence-electron chi connectivity index (χ3n) is 5.62. The van der Waals surface area contributed by atoms with Crippen LogP contribution in [0.3, 0.4) is 0 Å². The molecule has 0 radical (unpaired) electrons. The van der Waals surface area contributed by atoms with Gasteiger partial charge in [0.25, 0.3) is 0 Å². The maximum absolute atomic E-state index is 6.11. The molecule has 1 saturated heterocycles. The van der Waals surface area contributed by atoms with Gasteiger partial charge >= 0.3 is 0 Å². The molecule has 0 saturated carbocycles. The van der Waals surface area contributed by atoms with E-state index in [0.29, 0.717) is 23.6 Å². The fraction of sp³-hybridized carbons (Fsp3) is 0.480. The highest BCUT2D eigenvalue weighted by Crippen LogP contribution is 2.29. The highest BCUT2D eigenvalue weighted by atomic mass is 127. The minimum atomic E-state index is 0. The maximum Gasteiger partial charge on any atom is 0.195 e. The number of halogens is 1. The Hall–Kier alpha value is -2.04. The van der Waals surface area contributed by atoms with E-state index in [0.717, 1.165) is 57.7 Å². The second-order valence-corrected chi connectivity index (χ2v) is 7.88. The molecule has 8 heteroatoms. The molecule has 0 atom stereocenters. The Kier molecular flexibility index (Phi) is 12.3. The molecule has 1 aliphatic rings. The summed E-state index contributed by atoms with van der Waals surface area (Å²) in [6.45, 7) is 4.77. The molecule has 0 spiro atoms. The van der Waals surface area contributed by atoms with Crippen LogP contribution in [0.15, 0.2) is 53.5 Å². The van der Waals surface area contributed by atoms with Gasteiger partial charge in [0.05, 0.1) is 20.3 Å². The zero-order chi connectivity index (χ0) is 22.6. The summed E-state index contributed by atoms with van der Waals surface area (Å²) in [6.07, 6.45) is 3.49. The fourth-order valence-corrected chi connectivity index (χ4v) is 3.83. The van der Waals surface area contributed by atoms with Gasteiger partial charge in [-0.3, -0.25) is 9.89 Å². The molecule has 0 unspecified atom stereocenters. The summed E-state index contributed by atoms with van der Waals surface area (Å²) in [6, 6.07) is 16.4. The number of ether oxygens (including phenoxy) is 3. The molecule has 0 aliphatic carbocycles. The Bertz CT molecular complexity index is 843. The van der Waals surface area contributed by atoms with Crippen LogP contribution in [0.2, 0.25) is 0 Å². The lowest BCUT2D eigenvalue weighted by molar-refractivity contribution is 0.00535.